The van der Waals surface area contributed by atoms with E-state index in [1.165, 1.54) is 41.3 Å². The van der Waals surface area contributed by atoms with Gasteiger partial charge in [-0.1, -0.05) is 48.5 Å². The molecule has 2 aliphatic rings. The number of anilines is 1. The molecule has 2 heteroatoms. The lowest BCUT2D eigenvalue weighted by Crippen LogP contribution is -2.57. The number of piperidine rings is 1. The number of para-hydroxylation sites is 1. The van der Waals surface area contributed by atoms with Gasteiger partial charge in [0.1, 0.15) is 13.1 Å². The SMILES string of the molecule is Nc1ccccc1C[N+]1(Cc2ccccc2)C2C[CH]CC1CC2. The third-order valence-electron chi connectivity index (χ3n) is 6.00. The molecule has 0 amide bonds. The first-order valence-corrected chi connectivity index (χ1v) is 8.83. The van der Waals surface area contributed by atoms with E-state index < -0.39 is 0 Å². The van der Waals surface area contributed by atoms with Crippen LogP contribution in [0.1, 0.15) is 36.8 Å². The zero-order valence-electron chi connectivity index (χ0n) is 13.7. The number of nitrogen functional groups attached to an aromatic ring is 1. The van der Waals surface area contributed by atoms with E-state index in [0.29, 0.717) is 0 Å². The highest BCUT2D eigenvalue weighted by Crippen LogP contribution is 2.45. The van der Waals surface area contributed by atoms with Gasteiger partial charge in [-0.25, -0.2) is 0 Å². The quantitative estimate of drug-likeness (QED) is 0.661. The number of hydrogen-bond acceptors (Lipinski definition) is 1. The van der Waals surface area contributed by atoms with Crippen molar-refractivity contribution < 1.29 is 4.48 Å². The molecule has 2 unspecified atom stereocenters. The lowest BCUT2D eigenvalue weighted by molar-refractivity contribution is -0.988. The van der Waals surface area contributed by atoms with E-state index in [9.17, 15) is 0 Å². The second-order valence-corrected chi connectivity index (χ2v) is 7.25. The molecule has 0 saturated carbocycles. The first-order valence-electron chi connectivity index (χ1n) is 8.83. The Kier molecular flexibility index (Phi) is 3.86. The molecule has 2 aliphatic heterocycles. The highest BCUT2D eigenvalue weighted by Gasteiger charge is 2.51. The molecule has 2 bridgehead atoms. The van der Waals surface area contributed by atoms with Crippen LogP contribution in [0.2, 0.25) is 0 Å². The summed E-state index contributed by atoms with van der Waals surface area (Å²) in [5.74, 6) is 0. The maximum atomic E-state index is 6.28. The lowest BCUT2D eigenvalue weighted by Gasteiger charge is -2.48. The van der Waals surface area contributed by atoms with Crippen molar-refractivity contribution in [3.8, 4) is 0 Å². The van der Waals surface area contributed by atoms with Crippen molar-refractivity contribution in [1.29, 1.82) is 0 Å². The number of fused-ring (bicyclic) bond motifs is 2. The van der Waals surface area contributed by atoms with Crippen molar-refractivity contribution >= 4 is 5.69 Å². The summed E-state index contributed by atoms with van der Waals surface area (Å²) in [5, 5.41) is 0. The molecule has 0 spiro atoms. The summed E-state index contributed by atoms with van der Waals surface area (Å²) < 4.78 is 1.20. The Bertz CT molecular complexity index is 649. The molecular formula is C21H26N2+. The fraction of sp³-hybridized carbons (Fsp3) is 0.381. The molecule has 2 atom stereocenters. The predicted octanol–water partition coefficient (Wildman–Crippen LogP) is 4.31. The number of rotatable bonds is 4. The number of nitrogens with two attached hydrogens (primary N) is 1. The van der Waals surface area contributed by atoms with Crippen LogP contribution in [0.25, 0.3) is 0 Å². The Morgan fingerprint density at radius 3 is 2.17 bits per heavy atom. The van der Waals surface area contributed by atoms with Gasteiger partial charge in [0.05, 0.1) is 12.1 Å². The van der Waals surface area contributed by atoms with Crippen molar-refractivity contribution in [2.24, 2.45) is 0 Å². The molecular weight excluding hydrogens is 280 g/mol. The minimum Gasteiger partial charge on any atom is -0.398 e. The Hall–Kier alpha value is -1.80. The highest BCUT2D eigenvalue weighted by atomic mass is 15.4. The van der Waals surface area contributed by atoms with Crippen LogP contribution in [0.3, 0.4) is 0 Å². The zero-order valence-corrected chi connectivity index (χ0v) is 13.7. The van der Waals surface area contributed by atoms with E-state index >= 15 is 0 Å². The van der Waals surface area contributed by atoms with Gasteiger partial charge in [-0.3, -0.25) is 0 Å². The molecule has 23 heavy (non-hydrogen) atoms. The molecule has 0 aliphatic carbocycles. The smallest absolute Gasteiger partial charge is 0.107 e. The van der Waals surface area contributed by atoms with Crippen LogP contribution in [0.4, 0.5) is 5.69 Å². The largest absolute Gasteiger partial charge is 0.398 e. The second kappa shape index (κ2) is 6.01. The fourth-order valence-corrected chi connectivity index (χ4v) is 4.82. The molecule has 119 valence electrons. The van der Waals surface area contributed by atoms with Crippen LogP contribution in [0.5, 0.6) is 0 Å². The van der Waals surface area contributed by atoms with Crippen LogP contribution in [0.15, 0.2) is 54.6 Å². The molecule has 2 saturated heterocycles. The van der Waals surface area contributed by atoms with E-state index in [2.05, 4.69) is 48.9 Å². The van der Waals surface area contributed by atoms with Crippen molar-refractivity contribution in [2.75, 3.05) is 5.73 Å². The fourth-order valence-electron chi connectivity index (χ4n) is 4.82. The van der Waals surface area contributed by atoms with E-state index in [-0.39, 0.29) is 0 Å². The van der Waals surface area contributed by atoms with Crippen LogP contribution in [0, 0.1) is 6.42 Å². The van der Waals surface area contributed by atoms with Crippen LogP contribution in [-0.2, 0) is 13.1 Å². The number of nitrogens with zero attached hydrogens (tertiary/aromatic N) is 1. The summed E-state index contributed by atoms with van der Waals surface area (Å²) in [6, 6.07) is 21.0. The number of benzene rings is 2. The van der Waals surface area contributed by atoms with Crippen LogP contribution >= 0.6 is 0 Å². The van der Waals surface area contributed by atoms with Crippen molar-refractivity contribution in [3.63, 3.8) is 0 Å². The first-order chi connectivity index (χ1) is 11.3. The normalized spacial score (nSPS) is 29.6. The first kappa shape index (κ1) is 14.8. The zero-order chi connectivity index (χ0) is 15.7. The van der Waals surface area contributed by atoms with E-state index in [1.807, 2.05) is 12.1 Å². The van der Waals surface area contributed by atoms with Gasteiger partial charge in [-0.05, 0) is 12.5 Å². The van der Waals surface area contributed by atoms with Gasteiger partial charge in [-0.15, -0.1) is 0 Å². The topological polar surface area (TPSA) is 26.0 Å². The second-order valence-electron chi connectivity index (χ2n) is 7.25. The van der Waals surface area contributed by atoms with Gasteiger partial charge in [0.25, 0.3) is 0 Å². The van der Waals surface area contributed by atoms with Gasteiger partial charge in [0.15, 0.2) is 0 Å². The van der Waals surface area contributed by atoms with Gasteiger partial charge in [0, 0.05) is 42.5 Å². The average molecular weight is 306 g/mol. The Morgan fingerprint density at radius 1 is 0.826 bits per heavy atom. The van der Waals surface area contributed by atoms with Gasteiger partial charge in [0.2, 0.25) is 0 Å². The molecule has 2 aromatic rings. The third kappa shape index (κ3) is 2.66. The lowest BCUT2D eigenvalue weighted by atomic mass is 9.95. The van der Waals surface area contributed by atoms with E-state index in [0.717, 1.165) is 30.9 Å². The summed E-state index contributed by atoms with van der Waals surface area (Å²) in [4.78, 5) is 0. The summed E-state index contributed by atoms with van der Waals surface area (Å²) in [6.45, 7) is 2.21. The summed E-state index contributed by atoms with van der Waals surface area (Å²) >= 11 is 0. The maximum Gasteiger partial charge on any atom is 0.107 e. The van der Waals surface area contributed by atoms with Crippen LogP contribution in [-0.4, -0.2) is 16.6 Å². The van der Waals surface area contributed by atoms with Crippen molar-refractivity contribution in [1.82, 2.24) is 0 Å². The summed E-state index contributed by atoms with van der Waals surface area (Å²) in [6.07, 6.45) is 7.77. The molecule has 2 nitrogen and oxygen atoms in total. The van der Waals surface area contributed by atoms with Crippen molar-refractivity contribution in [3.05, 3.63) is 72.1 Å². The molecule has 2 N–H and O–H groups in total. The van der Waals surface area contributed by atoms with Crippen molar-refractivity contribution in [2.45, 2.75) is 50.9 Å². The van der Waals surface area contributed by atoms with Gasteiger partial charge in [-0.2, -0.15) is 0 Å². The van der Waals surface area contributed by atoms with E-state index in [1.54, 1.807) is 0 Å². The van der Waals surface area contributed by atoms with Crippen LogP contribution < -0.4 is 5.73 Å². The summed E-state index contributed by atoms with van der Waals surface area (Å²) in [5.41, 5.74) is 10.0. The highest BCUT2D eigenvalue weighted by molar-refractivity contribution is 5.45. The number of hydrogen-bond donors (Lipinski definition) is 1. The number of quaternary nitrogens is 1. The third-order valence-corrected chi connectivity index (χ3v) is 6.00. The Labute approximate surface area is 139 Å². The molecule has 1 radical (unpaired) electrons. The Morgan fingerprint density at radius 2 is 1.48 bits per heavy atom. The molecule has 2 fully saturated rings. The predicted molar refractivity (Wildman–Crippen MR) is 95.3 cm³/mol. The minimum atomic E-state index is 0.758. The monoisotopic (exact) mass is 306 g/mol. The van der Waals surface area contributed by atoms with Gasteiger partial charge >= 0.3 is 0 Å². The molecule has 0 aromatic heterocycles. The summed E-state index contributed by atoms with van der Waals surface area (Å²) in [7, 11) is 0. The molecule has 4 rings (SSSR count). The van der Waals surface area contributed by atoms with E-state index in [4.69, 9.17) is 5.73 Å². The molecule has 2 aromatic carbocycles. The van der Waals surface area contributed by atoms with Gasteiger partial charge < -0.3 is 10.2 Å². The Balaban J connectivity index is 1.71. The minimum absolute atomic E-state index is 0.758. The maximum absolute atomic E-state index is 6.28. The molecule has 2 heterocycles. The average Bonchev–Trinajstić information content (AvgIpc) is 2.76. The standard InChI is InChI=1S/C21H26N2/c22-21-12-5-4-9-18(21)16-23(15-17-7-2-1-3-8-17)19-10-6-11-20(23)14-13-19/h1-9,12,19-20H,10-11,13-16,22H2/q+1.